The number of carbonyl (C=O) groups is 1. The van der Waals surface area contributed by atoms with E-state index in [1.807, 2.05) is 0 Å². The third-order valence-electron chi connectivity index (χ3n) is 9.12. The molecule has 0 bridgehead atoms. The summed E-state index contributed by atoms with van der Waals surface area (Å²) in [6.07, 6.45) is 27.7. The van der Waals surface area contributed by atoms with E-state index in [0.29, 0.717) is 13.0 Å². The molecule has 0 aromatic carbocycles. The molecule has 49 heavy (non-hydrogen) atoms. The van der Waals surface area contributed by atoms with E-state index in [1.54, 1.807) is 0 Å². The third-order valence-corrected chi connectivity index (χ3v) is 9.12. The van der Waals surface area contributed by atoms with E-state index in [-0.39, 0.29) is 19.2 Å². The van der Waals surface area contributed by atoms with Crippen molar-refractivity contribution in [2.24, 2.45) is 0 Å². The van der Waals surface area contributed by atoms with Gasteiger partial charge in [-0.2, -0.15) is 0 Å². The number of hydrogen-bond acceptors (Lipinski definition) is 9. The number of unbranched alkanes of at least 4 members (excludes halogenated alkanes) is 18. The average molecular weight is 699 g/mol. The van der Waals surface area contributed by atoms with Gasteiger partial charge in [0.2, 0.25) is 0 Å². The molecule has 6 unspecified atom stereocenters. The van der Waals surface area contributed by atoms with Crippen molar-refractivity contribution in [3.8, 4) is 0 Å². The molecule has 0 amide bonds. The molecule has 0 aliphatic carbocycles. The molecule has 1 rings (SSSR count). The number of allylic oxidation sites excluding steroid dienone is 4. The van der Waals surface area contributed by atoms with Crippen LogP contribution in [0.2, 0.25) is 0 Å². The van der Waals surface area contributed by atoms with Gasteiger partial charge in [-0.3, -0.25) is 4.79 Å². The van der Waals surface area contributed by atoms with E-state index in [0.717, 1.165) is 57.8 Å². The highest BCUT2D eigenvalue weighted by molar-refractivity contribution is 5.69. The number of carbonyl (C=O) groups excluding carboxylic acids is 1. The van der Waals surface area contributed by atoms with Crippen LogP contribution in [0.3, 0.4) is 0 Å². The van der Waals surface area contributed by atoms with E-state index in [4.69, 9.17) is 18.9 Å². The summed E-state index contributed by atoms with van der Waals surface area (Å²) in [6, 6.07) is 0. The van der Waals surface area contributed by atoms with Gasteiger partial charge in [0.05, 0.1) is 19.8 Å². The first-order valence-corrected chi connectivity index (χ1v) is 19.9. The van der Waals surface area contributed by atoms with Crippen LogP contribution >= 0.6 is 0 Å². The number of hydrogen-bond donors (Lipinski definition) is 4. The van der Waals surface area contributed by atoms with Gasteiger partial charge in [0, 0.05) is 13.0 Å². The average Bonchev–Trinajstić information content (AvgIpc) is 3.10. The fraction of sp³-hybridized carbons (Fsp3) is 0.875. The maximum absolute atomic E-state index is 12.7. The molecule has 1 heterocycles. The Labute approximate surface area is 298 Å². The van der Waals surface area contributed by atoms with Crippen molar-refractivity contribution in [3.05, 3.63) is 24.3 Å². The van der Waals surface area contributed by atoms with Gasteiger partial charge >= 0.3 is 5.97 Å². The smallest absolute Gasteiger partial charge is 0.306 e. The lowest BCUT2D eigenvalue weighted by molar-refractivity contribution is -0.305. The van der Waals surface area contributed by atoms with E-state index < -0.39 is 43.4 Å². The quantitative estimate of drug-likeness (QED) is 0.0307. The Morgan fingerprint density at radius 1 is 0.653 bits per heavy atom. The molecule has 0 aromatic rings. The third kappa shape index (κ3) is 24.5. The second-order valence-corrected chi connectivity index (χ2v) is 13.7. The van der Waals surface area contributed by atoms with Crippen LogP contribution in [-0.2, 0) is 23.7 Å². The molecule has 9 nitrogen and oxygen atoms in total. The fourth-order valence-electron chi connectivity index (χ4n) is 5.92. The van der Waals surface area contributed by atoms with Gasteiger partial charge in [-0.1, -0.05) is 141 Å². The van der Waals surface area contributed by atoms with E-state index in [9.17, 15) is 25.2 Å². The predicted octanol–water partition coefficient (Wildman–Crippen LogP) is 7.86. The van der Waals surface area contributed by atoms with Crippen LogP contribution in [0.4, 0.5) is 0 Å². The molecule has 0 spiro atoms. The number of ether oxygens (including phenoxy) is 4. The van der Waals surface area contributed by atoms with Crippen LogP contribution in [0.1, 0.15) is 162 Å². The molecular formula is C40H74O9. The van der Waals surface area contributed by atoms with Crippen molar-refractivity contribution in [3.63, 3.8) is 0 Å². The summed E-state index contributed by atoms with van der Waals surface area (Å²) >= 11 is 0. The zero-order valence-corrected chi connectivity index (χ0v) is 31.2. The highest BCUT2D eigenvalue weighted by Crippen LogP contribution is 2.22. The van der Waals surface area contributed by atoms with Crippen molar-refractivity contribution in [2.45, 2.75) is 198 Å². The minimum absolute atomic E-state index is 0.116. The molecule has 6 atom stereocenters. The molecule has 9 heteroatoms. The van der Waals surface area contributed by atoms with Gasteiger partial charge in [-0.15, -0.1) is 0 Å². The van der Waals surface area contributed by atoms with Gasteiger partial charge in [-0.05, 0) is 38.5 Å². The first kappa shape index (κ1) is 45.7. The lowest BCUT2D eigenvalue weighted by Gasteiger charge is -2.39. The lowest BCUT2D eigenvalue weighted by atomic mass is 9.99. The first-order valence-electron chi connectivity index (χ1n) is 19.9. The summed E-state index contributed by atoms with van der Waals surface area (Å²) in [5.74, 6) is -0.328. The molecule has 0 aromatic heterocycles. The van der Waals surface area contributed by atoms with Crippen molar-refractivity contribution in [1.82, 2.24) is 0 Å². The Kier molecular flexibility index (Phi) is 30.4. The Morgan fingerprint density at radius 2 is 1.20 bits per heavy atom. The highest BCUT2D eigenvalue weighted by Gasteiger charge is 2.44. The van der Waals surface area contributed by atoms with Crippen LogP contribution in [0.25, 0.3) is 0 Å². The van der Waals surface area contributed by atoms with Crippen LogP contribution in [0.15, 0.2) is 24.3 Å². The molecule has 0 saturated carbocycles. The largest absolute Gasteiger partial charge is 0.457 e. The van der Waals surface area contributed by atoms with Crippen LogP contribution in [0.5, 0.6) is 0 Å². The molecule has 1 saturated heterocycles. The molecule has 288 valence electrons. The number of esters is 1. The van der Waals surface area contributed by atoms with Gasteiger partial charge in [-0.25, -0.2) is 0 Å². The number of aliphatic hydroxyl groups excluding tert-OH is 4. The Morgan fingerprint density at radius 3 is 1.82 bits per heavy atom. The van der Waals surface area contributed by atoms with Crippen LogP contribution < -0.4 is 0 Å². The maximum atomic E-state index is 12.7. The van der Waals surface area contributed by atoms with Crippen molar-refractivity contribution >= 4 is 5.97 Å². The maximum Gasteiger partial charge on any atom is 0.306 e. The molecule has 1 aliphatic rings. The van der Waals surface area contributed by atoms with Gasteiger partial charge in [0.1, 0.15) is 30.5 Å². The Balaban J connectivity index is 2.33. The summed E-state index contributed by atoms with van der Waals surface area (Å²) < 4.78 is 22.7. The van der Waals surface area contributed by atoms with Gasteiger partial charge in [0.25, 0.3) is 0 Å². The topological polar surface area (TPSA) is 135 Å². The zero-order chi connectivity index (χ0) is 35.8. The number of rotatable bonds is 33. The minimum Gasteiger partial charge on any atom is -0.457 e. The SMILES string of the molecule is CCCC/C=C\C/C=C\CCCCCCCC(=O)OC(COCCCCCCCCCCCCCC)COC1OC(CO)C(O)C(O)C1O. The summed E-state index contributed by atoms with van der Waals surface area (Å²) in [4.78, 5) is 12.7. The molecule has 4 N–H and O–H groups in total. The predicted molar refractivity (Wildman–Crippen MR) is 196 cm³/mol. The second kappa shape index (κ2) is 32.6. The van der Waals surface area contributed by atoms with Gasteiger partial charge < -0.3 is 39.4 Å². The van der Waals surface area contributed by atoms with Crippen LogP contribution in [0, 0.1) is 0 Å². The normalized spacial score (nSPS) is 22.0. The van der Waals surface area contributed by atoms with E-state index in [2.05, 4.69) is 38.2 Å². The second-order valence-electron chi connectivity index (χ2n) is 13.7. The van der Waals surface area contributed by atoms with Crippen molar-refractivity contribution in [1.29, 1.82) is 0 Å². The molecule has 0 radical (unpaired) electrons. The molecule has 1 aliphatic heterocycles. The number of aliphatic hydroxyl groups is 4. The van der Waals surface area contributed by atoms with Crippen molar-refractivity contribution in [2.75, 3.05) is 26.4 Å². The van der Waals surface area contributed by atoms with E-state index in [1.165, 1.54) is 83.5 Å². The zero-order valence-electron chi connectivity index (χ0n) is 31.2. The molecular weight excluding hydrogens is 624 g/mol. The highest BCUT2D eigenvalue weighted by atomic mass is 16.7. The fourth-order valence-corrected chi connectivity index (χ4v) is 5.92. The summed E-state index contributed by atoms with van der Waals surface area (Å²) in [6.45, 7) is 4.50. The minimum atomic E-state index is -1.53. The van der Waals surface area contributed by atoms with Crippen LogP contribution in [-0.4, -0.2) is 89.6 Å². The van der Waals surface area contributed by atoms with Gasteiger partial charge in [0.15, 0.2) is 6.29 Å². The summed E-state index contributed by atoms with van der Waals surface area (Å²) in [5, 5.41) is 39.9. The Hall–Kier alpha value is -1.33. The Bertz CT molecular complexity index is 803. The summed E-state index contributed by atoms with van der Waals surface area (Å²) in [5.41, 5.74) is 0. The first-order chi connectivity index (χ1) is 23.9. The lowest BCUT2D eigenvalue weighted by Crippen LogP contribution is -2.59. The molecule has 1 fully saturated rings. The monoisotopic (exact) mass is 699 g/mol. The standard InChI is InChI=1S/C40H74O9/c1-3-5-7-9-11-13-15-17-18-19-21-23-25-27-29-36(42)48-34(33-47-40-39(45)38(44)37(43)35(31-41)49-40)32-46-30-28-26-24-22-20-16-14-12-10-8-6-4-2/h9,11,15,17,34-35,37-41,43-45H,3-8,10,12-14,16,18-33H2,1-2H3/b11-9-,17-15-. The van der Waals surface area contributed by atoms with Crippen molar-refractivity contribution < 1.29 is 44.2 Å². The summed E-state index contributed by atoms with van der Waals surface area (Å²) in [7, 11) is 0. The van der Waals surface area contributed by atoms with E-state index >= 15 is 0 Å².